The Hall–Kier alpha value is -2.55. The normalized spacial score (nSPS) is 12.2. The molecule has 1 aromatic heterocycles. The van der Waals surface area contributed by atoms with Crippen molar-refractivity contribution >= 4 is 16.8 Å². The number of benzene rings is 2. The van der Waals surface area contributed by atoms with Gasteiger partial charge in [0.05, 0.1) is 6.04 Å². The van der Waals surface area contributed by atoms with Crippen LogP contribution in [0.15, 0.2) is 54.7 Å². The van der Waals surface area contributed by atoms with Gasteiger partial charge in [-0.3, -0.25) is 4.79 Å². The van der Waals surface area contributed by atoms with Crippen molar-refractivity contribution < 1.29 is 4.79 Å². The van der Waals surface area contributed by atoms with Gasteiger partial charge >= 0.3 is 0 Å². The van der Waals surface area contributed by atoms with Crippen molar-refractivity contribution in [1.82, 2.24) is 10.3 Å². The molecule has 3 nitrogen and oxygen atoms in total. The zero-order valence-corrected chi connectivity index (χ0v) is 14.3. The number of rotatable bonds is 6. The van der Waals surface area contributed by atoms with Crippen molar-refractivity contribution in [3.8, 4) is 0 Å². The van der Waals surface area contributed by atoms with Gasteiger partial charge in [0.15, 0.2) is 0 Å². The monoisotopic (exact) mass is 320 g/mol. The predicted octanol–water partition coefficient (Wildman–Crippen LogP) is 4.68. The Kier molecular flexibility index (Phi) is 4.99. The third kappa shape index (κ3) is 3.67. The van der Waals surface area contributed by atoms with Gasteiger partial charge in [0.2, 0.25) is 5.91 Å². The van der Waals surface area contributed by atoms with Crippen LogP contribution in [0.4, 0.5) is 0 Å². The number of nitrogens with one attached hydrogen (secondary N) is 2. The van der Waals surface area contributed by atoms with Crippen molar-refractivity contribution in [2.45, 2.75) is 39.2 Å². The van der Waals surface area contributed by atoms with E-state index in [4.69, 9.17) is 0 Å². The van der Waals surface area contributed by atoms with Gasteiger partial charge in [-0.1, -0.05) is 55.0 Å². The number of aromatic nitrogens is 1. The lowest BCUT2D eigenvalue weighted by molar-refractivity contribution is -0.121. The Morgan fingerprint density at radius 3 is 2.62 bits per heavy atom. The fraction of sp³-hybridized carbons (Fsp3) is 0.286. The number of para-hydroxylation sites is 1. The molecule has 2 aromatic carbocycles. The fourth-order valence-electron chi connectivity index (χ4n) is 3.07. The lowest BCUT2D eigenvalue weighted by atomic mass is 10.0. The van der Waals surface area contributed by atoms with Crippen LogP contribution in [0.25, 0.3) is 10.9 Å². The van der Waals surface area contributed by atoms with Gasteiger partial charge in [0, 0.05) is 23.5 Å². The van der Waals surface area contributed by atoms with E-state index < -0.39 is 0 Å². The second-order valence-electron chi connectivity index (χ2n) is 6.30. The van der Waals surface area contributed by atoms with Gasteiger partial charge < -0.3 is 10.3 Å². The number of H-pyrrole nitrogens is 1. The van der Waals surface area contributed by atoms with E-state index in [0.29, 0.717) is 6.42 Å². The van der Waals surface area contributed by atoms with Gasteiger partial charge in [-0.05, 0) is 37.0 Å². The second kappa shape index (κ2) is 7.35. The summed E-state index contributed by atoms with van der Waals surface area (Å²) in [7, 11) is 0. The zero-order valence-electron chi connectivity index (χ0n) is 14.3. The van der Waals surface area contributed by atoms with Gasteiger partial charge in [-0.15, -0.1) is 0 Å². The second-order valence-corrected chi connectivity index (χ2v) is 6.30. The number of hydrogen-bond acceptors (Lipinski definition) is 1. The van der Waals surface area contributed by atoms with Crippen molar-refractivity contribution in [2.24, 2.45) is 0 Å². The molecule has 0 aliphatic rings. The molecule has 0 bridgehead atoms. The van der Waals surface area contributed by atoms with E-state index >= 15 is 0 Å². The summed E-state index contributed by atoms with van der Waals surface area (Å²) < 4.78 is 0. The Bertz CT molecular complexity index is 817. The SMILES string of the molecule is CCC(NC(=O)CCc1c[nH]c2ccccc12)c1ccc(C)cc1. The maximum Gasteiger partial charge on any atom is 0.220 e. The smallest absolute Gasteiger partial charge is 0.220 e. The zero-order chi connectivity index (χ0) is 16.9. The summed E-state index contributed by atoms with van der Waals surface area (Å²) in [5, 5.41) is 4.37. The molecule has 0 aliphatic heterocycles. The van der Waals surface area contributed by atoms with E-state index in [1.165, 1.54) is 22.1 Å². The summed E-state index contributed by atoms with van der Waals surface area (Å²) in [6, 6.07) is 16.7. The fourth-order valence-corrected chi connectivity index (χ4v) is 3.07. The third-order valence-electron chi connectivity index (χ3n) is 4.52. The molecule has 0 spiro atoms. The average Bonchev–Trinajstić information content (AvgIpc) is 3.02. The van der Waals surface area contributed by atoms with Crippen LogP contribution in [-0.2, 0) is 11.2 Å². The van der Waals surface area contributed by atoms with Crippen molar-refractivity contribution in [2.75, 3.05) is 0 Å². The minimum atomic E-state index is 0.0843. The summed E-state index contributed by atoms with van der Waals surface area (Å²) in [4.78, 5) is 15.6. The van der Waals surface area contributed by atoms with Crippen molar-refractivity contribution in [3.05, 3.63) is 71.4 Å². The highest BCUT2D eigenvalue weighted by Crippen LogP contribution is 2.20. The molecule has 0 radical (unpaired) electrons. The van der Waals surface area contributed by atoms with Gasteiger partial charge in [-0.25, -0.2) is 0 Å². The van der Waals surface area contributed by atoms with E-state index in [2.05, 4.69) is 60.5 Å². The molecule has 0 aliphatic carbocycles. The first-order valence-corrected chi connectivity index (χ1v) is 8.58. The largest absolute Gasteiger partial charge is 0.361 e. The molecule has 0 saturated carbocycles. The number of aryl methyl sites for hydroxylation is 2. The predicted molar refractivity (Wildman–Crippen MR) is 99.0 cm³/mol. The number of carbonyl (C=O) groups is 1. The first-order valence-electron chi connectivity index (χ1n) is 8.58. The first-order chi connectivity index (χ1) is 11.7. The molecule has 124 valence electrons. The third-order valence-corrected chi connectivity index (χ3v) is 4.52. The summed E-state index contributed by atoms with van der Waals surface area (Å²) in [5.41, 5.74) is 4.73. The minimum absolute atomic E-state index is 0.0843. The molecule has 1 unspecified atom stereocenters. The highest BCUT2D eigenvalue weighted by molar-refractivity contribution is 5.84. The molecule has 2 N–H and O–H groups in total. The molecule has 24 heavy (non-hydrogen) atoms. The van der Waals surface area contributed by atoms with E-state index in [0.717, 1.165) is 18.4 Å². The van der Waals surface area contributed by atoms with Crippen LogP contribution in [0, 0.1) is 6.92 Å². The van der Waals surface area contributed by atoms with Crippen LogP contribution in [-0.4, -0.2) is 10.9 Å². The molecule has 0 fully saturated rings. The van der Waals surface area contributed by atoms with Crippen molar-refractivity contribution in [3.63, 3.8) is 0 Å². The maximum absolute atomic E-state index is 12.4. The van der Waals surface area contributed by atoms with Crippen LogP contribution >= 0.6 is 0 Å². The molecular formula is C21H24N2O. The number of amides is 1. The summed E-state index contributed by atoms with van der Waals surface area (Å²) in [6.07, 6.45) is 4.15. The molecule has 1 heterocycles. The van der Waals surface area contributed by atoms with Crippen LogP contribution in [0.2, 0.25) is 0 Å². The van der Waals surface area contributed by atoms with E-state index in [-0.39, 0.29) is 11.9 Å². The maximum atomic E-state index is 12.4. The van der Waals surface area contributed by atoms with Gasteiger partial charge in [0.25, 0.3) is 0 Å². The highest BCUT2D eigenvalue weighted by Gasteiger charge is 2.13. The Morgan fingerprint density at radius 2 is 1.88 bits per heavy atom. The van der Waals surface area contributed by atoms with E-state index in [1.54, 1.807) is 0 Å². The first kappa shape index (κ1) is 16.3. The molecule has 1 amide bonds. The Morgan fingerprint density at radius 1 is 1.12 bits per heavy atom. The van der Waals surface area contributed by atoms with E-state index in [9.17, 15) is 4.79 Å². The molecule has 3 heteroatoms. The number of fused-ring (bicyclic) bond motifs is 1. The highest BCUT2D eigenvalue weighted by atomic mass is 16.1. The molecule has 3 rings (SSSR count). The van der Waals surface area contributed by atoms with Gasteiger partial charge in [-0.2, -0.15) is 0 Å². The lowest BCUT2D eigenvalue weighted by Crippen LogP contribution is -2.28. The van der Waals surface area contributed by atoms with E-state index in [1.807, 2.05) is 18.3 Å². The number of hydrogen-bond donors (Lipinski definition) is 2. The minimum Gasteiger partial charge on any atom is -0.361 e. The standard InChI is InChI=1S/C21H24N2O/c1-3-19(16-10-8-15(2)9-11-16)23-21(24)13-12-17-14-22-20-7-5-4-6-18(17)20/h4-11,14,19,22H,3,12-13H2,1-2H3,(H,23,24). The quantitative estimate of drug-likeness (QED) is 0.681. The molecule has 0 saturated heterocycles. The van der Waals surface area contributed by atoms with Crippen molar-refractivity contribution in [1.29, 1.82) is 0 Å². The number of carbonyl (C=O) groups excluding carboxylic acids is 1. The molecule has 3 aromatic rings. The summed E-state index contributed by atoms with van der Waals surface area (Å²) in [5.74, 6) is 0.104. The molecular weight excluding hydrogens is 296 g/mol. The van der Waals surface area contributed by atoms with Crippen LogP contribution in [0.5, 0.6) is 0 Å². The van der Waals surface area contributed by atoms with Crippen LogP contribution < -0.4 is 5.32 Å². The Balaban J connectivity index is 1.61. The number of aromatic amines is 1. The topological polar surface area (TPSA) is 44.9 Å². The summed E-state index contributed by atoms with van der Waals surface area (Å²) >= 11 is 0. The Labute approximate surface area is 143 Å². The van der Waals surface area contributed by atoms with Crippen LogP contribution in [0.3, 0.4) is 0 Å². The molecule has 1 atom stereocenters. The van der Waals surface area contributed by atoms with Gasteiger partial charge in [0.1, 0.15) is 0 Å². The van der Waals surface area contributed by atoms with Crippen LogP contribution in [0.1, 0.15) is 42.5 Å². The average molecular weight is 320 g/mol. The summed E-state index contributed by atoms with van der Waals surface area (Å²) in [6.45, 7) is 4.18. The lowest BCUT2D eigenvalue weighted by Gasteiger charge is -2.17.